The first-order valence-electron chi connectivity index (χ1n) is 7.31. The Labute approximate surface area is 148 Å². The van der Waals surface area contributed by atoms with Gasteiger partial charge < -0.3 is 4.74 Å². The van der Waals surface area contributed by atoms with Gasteiger partial charge in [-0.3, -0.25) is 5.32 Å². The summed E-state index contributed by atoms with van der Waals surface area (Å²) in [6.07, 6.45) is -2.15. The SMILES string of the molecule is O=C(Nc1ccccc1CCl)OC/C=C/c1cccc(C(F)(F)F)c1. The monoisotopic (exact) mass is 369 g/mol. The molecule has 0 unspecified atom stereocenters. The summed E-state index contributed by atoms with van der Waals surface area (Å²) < 4.78 is 42.8. The topological polar surface area (TPSA) is 38.3 Å². The maximum atomic E-state index is 12.6. The fourth-order valence-corrected chi connectivity index (χ4v) is 2.26. The molecule has 1 amide bonds. The van der Waals surface area contributed by atoms with Crippen LogP contribution in [0.25, 0.3) is 6.08 Å². The first-order chi connectivity index (χ1) is 11.9. The van der Waals surface area contributed by atoms with E-state index in [2.05, 4.69) is 5.32 Å². The second-order valence-electron chi connectivity index (χ2n) is 5.04. The van der Waals surface area contributed by atoms with Crippen LogP contribution in [0.1, 0.15) is 16.7 Å². The van der Waals surface area contributed by atoms with Crippen molar-refractivity contribution in [2.24, 2.45) is 0 Å². The molecule has 0 atom stereocenters. The average molecular weight is 370 g/mol. The molecule has 0 aliphatic heterocycles. The molecule has 0 fully saturated rings. The predicted octanol–water partition coefficient (Wildman–Crippen LogP) is 5.71. The van der Waals surface area contributed by atoms with E-state index in [1.807, 2.05) is 0 Å². The molecule has 0 saturated heterocycles. The summed E-state index contributed by atoms with van der Waals surface area (Å²) in [5, 5.41) is 2.56. The lowest BCUT2D eigenvalue weighted by molar-refractivity contribution is -0.137. The van der Waals surface area contributed by atoms with Gasteiger partial charge in [-0.15, -0.1) is 11.6 Å². The number of benzene rings is 2. The lowest BCUT2D eigenvalue weighted by atomic mass is 10.1. The van der Waals surface area contributed by atoms with E-state index in [-0.39, 0.29) is 12.5 Å². The van der Waals surface area contributed by atoms with Crippen LogP contribution in [0.15, 0.2) is 54.6 Å². The normalized spacial score (nSPS) is 11.5. The molecule has 1 N–H and O–H groups in total. The van der Waals surface area contributed by atoms with Crippen molar-refractivity contribution in [2.75, 3.05) is 11.9 Å². The molecule has 0 aliphatic rings. The minimum Gasteiger partial charge on any atom is -0.445 e. The Morgan fingerprint density at radius 1 is 1.16 bits per heavy atom. The van der Waals surface area contributed by atoms with E-state index in [1.54, 1.807) is 24.3 Å². The van der Waals surface area contributed by atoms with Crippen LogP contribution in [0.4, 0.5) is 23.7 Å². The molecule has 0 aromatic heterocycles. The Morgan fingerprint density at radius 2 is 1.92 bits per heavy atom. The van der Waals surface area contributed by atoms with Crippen LogP contribution >= 0.6 is 11.6 Å². The molecular weight excluding hydrogens is 355 g/mol. The van der Waals surface area contributed by atoms with Gasteiger partial charge >= 0.3 is 12.3 Å². The van der Waals surface area contributed by atoms with Crippen molar-refractivity contribution in [1.82, 2.24) is 0 Å². The highest BCUT2D eigenvalue weighted by Crippen LogP contribution is 2.29. The van der Waals surface area contributed by atoms with Crippen LogP contribution in [0.3, 0.4) is 0 Å². The number of rotatable bonds is 5. The zero-order chi connectivity index (χ0) is 18.3. The van der Waals surface area contributed by atoms with Gasteiger partial charge in [-0.2, -0.15) is 13.2 Å². The second kappa shape index (κ2) is 8.58. The minimum atomic E-state index is -4.39. The number of ether oxygens (including phenoxy) is 1. The Balaban J connectivity index is 1.88. The number of hydrogen-bond acceptors (Lipinski definition) is 2. The summed E-state index contributed by atoms with van der Waals surface area (Å²) >= 11 is 5.77. The van der Waals surface area contributed by atoms with E-state index in [9.17, 15) is 18.0 Å². The van der Waals surface area contributed by atoms with Gasteiger partial charge in [0.05, 0.1) is 5.56 Å². The van der Waals surface area contributed by atoms with Crippen molar-refractivity contribution in [1.29, 1.82) is 0 Å². The number of halogens is 4. The van der Waals surface area contributed by atoms with E-state index < -0.39 is 17.8 Å². The van der Waals surface area contributed by atoms with Gasteiger partial charge in [-0.1, -0.05) is 36.4 Å². The molecule has 7 heteroatoms. The number of carbonyl (C=O) groups excluding carboxylic acids is 1. The van der Waals surface area contributed by atoms with E-state index in [0.717, 1.165) is 17.7 Å². The Morgan fingerprint density at radius 3 is 2.64 bits per heavy atom. The average Bonchev–Trinajstić information content (AvgIpc) is 2.59. The number of nitrogens with one attached hydrogen (secondary N) is 1. The summed E-state index contributed by atoms with van der Waals surface area (Å²) in [6.45, 7) is -0.0783. The standard InChI is InChI=1S/C18H15ClF3NO2/c19-12-14-7-1-2-9-16(14)23-17(24)25-10-4-6-13-5-3-8-15(11-13)18(20,21)22/h1-9,11H,10,12H2,(H,23,24)/b6-4+. The van der Waals surface area contributed by atoms with Crippen LogP contribution in [-0.2, 0) is 16.8 Å². The lowest BCUT2D eigenvalue weighted by Crippen LogP contribution is -2.14. The maximum Gasteiger partial charge on any atom is 0.416 e. The van der Waals surface area contributed by atoms with Crippen molar-refractivity contribution in [2.45, 2.75) is 12.1 Å². The van der Waals surface area contributed by atoms with Crippen LogP contribution in [0.2, 0.25) is 0 Å². The first kappa shape index (κ1) is 18.9. The molecule has 2 aromatic carbocycles. The van der Waals surface area contributed by atoms with E-state index in [0.29, 0.717) is 11.3 Å². The van der Waals surface area contributed by atoms with E-state index >= 15 is 0 Å². The van der Waals surface area contributed by atoms with Gasteiger partial charge in [0.15, 0.2) is 0 Å². The van der Waals surface area contributed by atoms with Gasteiger partial charge in [-0.25, -0.2) is 4.79 Å². The molecule has 0 radical (unpaired) electrons. The molecule has 0 saturated carbocycles. The van der Waals surface area contributed by atoms with Gasteiger partial charge in [-0.05, 0) is 35.4 Å². The number of carbonyl (C=O) groups is 1. The molecule has 0 spiro atoms. The molecule has 2 aromatic rings. The fourth-order valence-electron chi connectivity index (χ4n) is 2.03. The first-order valence-corrected chi connectivity index (χ1v) is 7.85. The van der Waals surface area contributed by atoms with E-state index in [1.165, 1.54) is 24.3 Å². The van der Waals surface area contributed by atoms with Crippen molar-refractivity contribution >= 4 is 29.5 Å². The van der Waals surface area contributed by atoms with Gasteiger partial charge in [0.2, 0.25) is 0 Å². The molecule has 0 bridgehead atoms. The van der Waals surface area contributed by atoms with Crippen molar-refractivity contribution in [3.05, 3.63) is 71.3 Å². The van der Waals surface area contributed by atoms with Gasteiger partial charge in [0, 0.05) is 11.6 Å². The van der Waals surface area contributed by atoms with Gasteiger partial charge in [0.25, 0.3) is 0 Å². The van der Waals surface area contributed by atoms with Crippen LogP contribution in [-0.4, -0.2) is 12.7 Å². The molecule has 2 rings (SSSR count). The van der Waals surface area contributed by atoms with E-state index in [4.69, 9.17) is 16.3 Å². The third kappa shape index (κ3) is 5.83. The third-order valence-corrected chi connectivity index (χ3v) is 3.52. The number of para-hydroxylation sites is 1. The number of amides is 1. The molecular formula is C18H15ClF3NO2. The zero-order valence-electron chi connectivity index (χ0n) is 13.0. The van der Waals surface area contributed by atoms with Crippen molar-refractivity contribution < 1.29 is 22.7 Å². The molecule has 132 valence electrons. The summed E-state index contributed by atoms with van der Waals surface area (Å²) in [4.78, 5) is 11.7. The number of alkyl halides is 4. The van der Waals surface area contributed by atoms with Crippen LogP contribution < -0.4 is 5.32 Å². The zero-order valence-corrected chi connectivity index (χ0v) is 13.8. The number of hydrogen-bond donors (Lipinski definition) is 1. The largest absolute Gasteiger partial charge is 0.445 e. The van der Waals surface area contributed by atoms with Gasteiger partial charge in [0.1, 0.15) is 6.61 Å². The fraction of sp³-hybridized carbons (Fsp3) is 0.167. The lowest BCUT2D eigenvalue weighted by Gasteiger charge is -2.09. The van der Waals surface area contributed by atoms with Crippen molar-refractivity contribution in [3.63, 3.8) is 0 Å². The highest BCUT2D eigenvalue weighted by atomic mass is 35.5. The molecule has 3 nitrogen and oxygen atoms in total. The van der Waals surface area contributed by atoms with Crippen LogP contribution in [0, 0.1) is 0 Å². The smallest absolute Gasteiger partial charge is 0.416 e. The van der Waals surface area contributed by atoms with Crippen LogP contribution in [0.5, 0.6) is 0 Å². The summed E-state index contributed by atoms with van der Waals surface area (Å²) in [5.41, 5.74) is 0.933. The highest BCUT2D eigenvalue weighted by molar-refractivity contribution is 6.17. The second-order valence-corrected chi connectivity index (χ2v) is 5.31. The molecule has 0 aliphatic carbocycles. The number of anilines is 1. The summed E-state index contributed by atoms with van der Waals surface area (Å²) in [7, 11) is 0. The van der Waals surface area contributed by atoms with Crippen molar-refractivity contribution in [3.8, 4) is 0 Å². The predicted molar refractivity (Wildman–Crippen MR) is 91.4 cm³/mol. The molecule has 0 heterocycles. The third-order valence-electron chi connectivity index (χ3n) is 3.23. The Hall–Kier alpha value is -2.47. The Bertz CT molecular complexity index is 760. The Kier molecular flexibility index (Phi) is 6.47. The minimum absolute atomic E-state index is 0.0783. The summed E-state index contributed by atoms with van der Waals surface area (Å²) in [6, 6.07) is 11.9. The highest BCUT2D eigenvalue weighted by Gasteiger charge is 2.30. The quantitative estimate of drug-likeness (QED) is 0.686. The summed E-state index contributed by atoms with van der Waals surface area (Å²) in [5.74, 6) is 0.242. The maximum absolute atomic E-state index is 12.6. The molecule has 25 heavy (non-hydrogen) atoms.